The van der Waals surface area contributed by atoms with E-state index in [-0.39, 0.29) is 17.7 Å². The molecule has 0 saturated carbocycles. The Kier molecular flexibility index (Phi) is 7.69. The van der Waals surface area contributed by atoms with Gasteiger partial charge in [0.1, 0.15) is 6.10 Å². The number of ketones is 1. The van der Waals surface area contributed by atoms with E-state index in [2.05, 4.69) is 6.92 Å². The van der Waals surface area contributed by atoms with Gasteiger partial charge in [0.25, 0.3) is 0 Å². The molecule has 2 fully saturated rings. The minimum Gasteiger partial charge on any atom is -0.432 e. The fourth-order valence-corrected chi connectivity index (χ4v) is 3.07. The lowest BCUT2D eigenvalue weighted by Crippen LogP contribution is -2.44. The summed E-state index contributed by atoms with van der Waals surface area (Å²) in [6, 6.07) is 0. The topological polar surface area (TPSA) is 65.1 Å². The maximum atomic E-state index is 12.2. The maximum absolute atomic E-state index is 12.2. The molecule has 0 aromatic heterocycles. The van der Waals surface area contributed by atoms with Crippen LogP contribution < -0.4 is 0 Å². The lowest BCUT2D eigenvalue weighted by atomic mass is 10.00. The van der Waals surface area contributed by atoms with Crippen LogP contribution >= 0.6 is 0 Å². The minimum atomic E-state index is -0.721. The highest BCUT2D eigenvalue weighted by Gasteiger charge is 2.59. The monoisotopic (exact) mass is 340 g/mol. The number of carbonyl (C=O) groups is 2. The molecule has 2 saturated heterocycles. The Hall–Kier alpha value is -0.940. The first-order chi connectivity index (χ1) is 11.5. The van der Waals surface area contributed by atoms with Crippen LogP contribution in [-0.4, -0.2) is 36.4 Å². The number of rotatable bonds is 11. The fraction of sp³-hybridized carbons (Fsp3) is 0.895. The number of carbonyl (C=O) groups excluding carboxylic acids is 2. The van der Waals surface area contributed by atoms with E-state index in [1.807, 2.05) is 0 Å². The Labute approximate surface area is 145 Å². The van der Waals surface area contributed by atoms with E-state index >= 15 is 0 Å². The second kappa shape index (κ2) is 9.52. The third-order valence-corrected chi connectivity index (χ3v) is 4.71. The van der Waals surface area contributed by atoms with Crippen molar-refractivity contribution in [1.82, 2.24) is 0 Å². The second-order valence-electron chi connectivity index (χ2n) is 7.27. The molecule has 2 aliphatic heterocycles. The van der Waals surface area contributed by atoms with E-state index in [1.165, 1.54) is 38.5 Å². The zero-order valence-electron chi connectivity index (χ0n) is 15.3. The van der Waals surface area contributed by atoms with Crippen molar-refractivity contribution in [3.63, 3.8) is 0 Å². The van der Waals surface area contributed by atoms with Gasteiger partial charge in [-0.05, 0) is 6.42 Å². The fourth-order valence-electron chi connectivity index (χ4n) is 3.07. The van der Waals surface area contributed by atoms with Gasteiger partial charge in [-0.1, -0.05) is 72.1 Å². The lowest BCUT2D eigenvalue weighted by Gasteiger charge is -2.26. The van der Waals surface area contributed by atoms with Crippen LogP contribution in [-0.2, 0) is 23.8 Å². The van der Waals surface area contributed by atoms with Crippen LogP contribution in [0.5, 0.6) is 0 Å². The first kappa shape index (κ1) is 19.4. The Morgan fingerprint density at radius 2 is 1.67 bits per heavy atom. The molecule has 138 valence electrons. The van der Waals surface area contributed by atoms with Crippen molar-refractivity contribution in [2.75, 3.05) is 0 Å². The van der Waals surface area contributed by atoms with E-state index in [9.17, 15) is 9.59 Å². The molecule has 2 heterocycles. The number of hydrogen-bond donors (Lipinski definition) is 0. The summed E-state index contributed by atoms with van der Waals surface area (Å²) in [5.41, 5.74) is 0. The molecule has 0 aromatic rings. The largest absolute Gasteiger partial charge is 0.432 e. The molecule has 0 aromatic carbocycles. The van der Waals surface area contributed by atoms with E-state index < -0.39 is 24.6 Å². The molecule has 4 atom stereocenters. The number of hydrogen-bond acceptors (Lipinski definition) is 5. The first-order valence-electron chi connectivity index (χ1n) is 9.59. The summed E-state index contributed by atoms with van der Waals surface area (Å²) in [4.78, 5) is 23.9. The summed E-state index contributed by atoms with van der Waals surface area (Å²) in [5.74, 6) is -0.510. The van der Waals surface area contributed by atoms with E-state index in [0.717, 1.165) is 12.8 Å². The average Bonchev–Trinajstić information content (AvgIpc) is 3.34. The van der Waals surface area contributed by atoms with E-state index in [0.29, 0.717) is 6.42 Å². The molecule has 0 amide bonds. The normalized spacial score (nSPS) is 28.8. The standard InChI is InChI=1S/C19H32O5/c1-4-5-6-7-8-9-10-11-12-14-15(20)16-17(23-16)19(22-14)24-18(21)13(2)3/h13-14,16-17,19H,4-12H2,1-3H3. The van der Waals surface area contributed by atoms with Gasteiger partial charge < -0.3 is 14.2 Å². The van der Waals surface area contributed by atoms with Crippen molar-refractivity contribution in [3.05, 3.63) is 0 Å². The molecule has 2 aliphatic rings. The van der Waals surface area contributed by atoms with Gasteiger partial charge >= 0.3 is 5.97 Å². The van der Waals surface area contributed by atoms with Gasteiger partial charge in [0.05, 0.1) is 5.92 Å². The number of fused-ring (bicyclic) bond motifs is 1. The van der Waals surface area contributed by atoms with Crippen LogP contribution in [0.1, 0.15) is 78.6 Å². The van der Waals surface area contributed by atoms with Gasteiger partial charge in [-0.25, -0.2) is 0 Å². The summed E-state index contributed by atoms with van der Waals surface area (Å²) in [5, 5.41) is 0. The number of Topliss-reactive ketones (excluding diaryl/α,β-unsaturated/α-hetero) is 1. The molecule has 0 N–H and O–H groups in total. The van der Waals surface area contributed by atoms with Gasteiger partial charge in [-0.2, -0.15) is 0 Å². The SMILES string of the molecule is CCCCCCCCCCC1OC(OC(=O)C(C)C)C2OC2C1=O. The zero-order valence-corrected chi connectivity index (χ0v) is 15.3. The molecular formula is C19H32O5. The predicted molar refractivity (Wildman–Crippen MR) is 90.5 cm³/mol. The van der Waals surface area contributed by atoms with Gasteiger partial charge in [0, 0.05) is 0 Å². The Morgan fingerprint density at radius 1 is 1.04 bits per heavy atom. The molecule has 24 heavy (non-hydrogen) atoms. The van der Waals surface area contributed by atoms with Crippen molar-refractivity contribution < 1.29 is 23.8 Å². The molecule has 0 spiro atoms. The molecule has 4 unspecified atom stereocenters. The van der Waals surface area contributed by atoms with Crippen molar-refractivity contribution in [2.24, 2.45) is 5.92 Å². The highest BCUT2D eigenvalue weighted by molar-refractivity contribution is 5.91. The first-order valence-corrected chi connectivity index (χ1v) is 9.59. The molecular weight excluding hydrogens is 308 g/mol. The maximum Gasteiger partial charge on any atom is 0.310 e. The van der Waals surface area contributed by atoms with Crippen LogP contribution in [0.15, 0.2) is 0 Å². The van der Waals surface area contributed by atoms with Gasteiger partial charge in [-0.3, -0.25) is 9.59 Å². The van der Waals surface area contributed by atoms with Crippen molar-refractivity contribution >= 4 is 11.8 Å². The highest BCUT2D eigenvalue weighted by Crippen LogP contribution is 2.37. The Bertz CT molecular complexity index is 420. The van der Waals surface area contributed by atoms with E-state index in [4.69, 9.17) is 14.2 Å². The van der Waals surface area contributed by atoms with Crippen molar-refractivity contribution in [1.29, 1.82) is 0 Å². The third-order valence-electron chi connectivity index (χ3n) is 4.71. The predicted octanol–water partition coefficient (Wildman–Crippen LogP) is 3.78. The summed E-state index contributed by atoms with van der Waals surface area (Å²) in [6.45, 7) is 5.78. The van der Waals surface area contributed by atoms with Crippen LogP contribution in [0.2, 0.25) is 0 Å². The number of ether oxygens (including phenoxy) is 3. The third kappa shape index (κ3) is 5.55. The highest BCUT2D eigenvalue weighted by atomic mass is 16.8. The van der Waals surface area contributed by atoms with Crippen LogP contribution in [0.3, 0.4) is 0 Å². The van der Waals surface area contributed by atoms with Gasteiger partial charge in [-0.15, -0.1) is 0 Å². The summed E-state index contributed by atoms with van der Waals surface area (Å²) in [6.07, 6.45) is 8.44. The van der Waals surface area contributed by atoms with Crippen molar-refractivity contribution in [2.45, 2.75) is 103 Å². The molecule has 0 radical (unpaired) electrons. The number of epoxide rings is 1. The average molecular weight is 340 g/mol. The summed E-state index contributed by atoms with van der Waals surface area (Å²) in [7, 11) is 0. The van der Waals surface area contributed by atoms with Crippen molar-refractivity contribution in [3.8, 4) is 0 Å². The Morgan fingerprint density at radius 3 is 2.29 bits per heavy atom. The summed E-state index contributed by atoms with van der Waals surface area (Å²) < 4.78 is 16.4. The van der Waals surface area contributed by atoms with E-state index in [1.54, 1.807) is 13.8 Å². The van der Waals surface area contributed by atoms with Gasteiger partial charge in [0.2, 0.25) is 6.29 Å². The summed E-state index contributed by atoms with van der Waals surface area (Å²) >= 11 is 0. The zero-order chi connectivity index (χ0) is 17.5. The van der Waals surface area contributed by atoms with Gasteiger partial charge in [0.15, 0.2) is 18.0 Å². The minimum absolute atomic E-state index is 0.0137. The van der Waals surface area contributed by atoms with Crippen LogP contribution in [0.4, 0.5) is 0 Å². The quantitative estimate of drug-likeness (QED) is 0.325. The Balaban J connectivity index is 1.65. The second-order valence-corrected chi connectivity index (χ2v) is 7.27. The smallest absolute Gasteiger partial charge is 0.310 e. The molecule has 5 heteroatoms. The molecule has 5 nitrogen and oxygen atoms in total. The molecule has 0 bridgehead atoms. The number of esters is 1. The van der Waals surface area contributed by atoms with Crippen LogP contribution in [0, 0.1) is 5.92 Å². The lowest BCUT2D eigenvalue weighted by molar-refractivity contribution is -0.203. The molecule has 0 aliphatic carbocycles. The number of unbranched alkanes of at least 4 members (excludes halogenated alkanes) is 7. The molecule has 2 rings (SSSR count). The van der Waals surface area contributed by atoms with Crippen LogP contribution in [0.25, 0.3) is 0 Å².